The molecule has 0 spiro atoms. The van der Waals surface area contributed by atoms with E-state index < -0.39 is 17.2 Å². The van der Waals surface area contributed by atoms with E-state index in [2.05, 4.69) is 16.0 Å². The summed E-state index contributed by atoms with van der Waals surface area (Å²) in [6, 6.07) is 14.1. The van der Waals surface area contributed by atoms with Gasteiger partial charge in [-0.05, 0) is 66.1 Å². The van der Waals surface area contributed by atoms with Gasteiger partial charge in [-0.25, -0.2) is 0 Å². The largest absolute Gasteiger partial charge is 0.508 e. The molecule has 0 bridgehead atoms. The first-order valence-electron chi connectivity index (χ1n) is 9.55. The average molecular weight is 400 g/mol. The monoisotopic (exact) mass is 400 g/mol. The van der Waals surface area contributed by atoms with Crippen LogP contribution in [-0.4, -0.2) is 30.4 Å². The Morgan fingerprint density at radius 3 is 1.90 bits per heavy atom. The number of aromatic nitrogens is 2. The zero-order chi connectivity index (χ0) is 21.0. The summed E-state index contributed by atoms with van der Waals surface area (Å²) in [6.45, 7) is 2.02. The molecule has 0 radical (unpaired) electrons. The first kappa shape index (κ1) is 18.0. The molecule has 0 aliphatic heterocycles. The van der Waals surface area contributed by atoms with Gasteiger partial charge in [-0.1, -0.05) is 11.6 Å². The number of phenols is 4. The van der Waals surface area contributed by atoms with E-state index in [0.29, 0.717) is 5.56 Å². The van der Waals surface area contributed by atoms with Crippen LogP contribution in [-0.2, 0) is 0 Å². The fourth-order valence-corrected chi connectivity index (χ4v) is 4.18. The van der Waals surface area contributed by atoms with E-state index >= 15 is 0 Å². The van der Waals surface area contributed by atoms with Crippen LogP contribution in [0.5, 0.6) is 23.0 Å². The van der Waals surface area contributed by atoms with Crippen LogP contribution < -0.4 is 0 Å². The van der Waals surface area contributed by atoms with Gasteiger partial charge in [-0.3, -0.25) is 0 Å². The maximum Gasteiger partial charge on any atom is 0.200 e. The summed E-state index contributed by atoms with van der Waals surface area (Å²) < 4.78 is 0. The minimum atomic E-state index is -0.552. The number of hydrogen-bond donors (Lipinski definition) is 6. The standard InChI is InChI=1S/C24H20N2O4/c1-12-2-4-19-15(6-12)17(10-25-19)23(13-7-21(28)24(30)22(29)8-13)18-11-26-20-5-3-14(27)9-16(18)20/h2-11,23,25-30H,1H3. The normalized spacial score (nSPS) is 12.6. The minimum Gasteiger partial charge on any atom is -0.508 e. The van der Waals surface area contributed by atoms with Crippen molar-refractivity contribution < 1.29 is 20.4 Å². The zero-order valence-corrected chi connectivity index (χ0v) is 16.1. The summed E-state index contributed by atoms with van der Waals surface area (Å²) >= 11 is 0. The minimum absolute atomic E-state index is 0.147. The van der Waals surface area contributed by atoms with E-state index in [1.165, 1.54) is 12.1 Å². The summed E-state index contributed by atoms with van der Waals surface area (Å²) in [4.78, 5) is 6.53. The number of rotatable bonds is 3. The van der Waals surface area contributed by atoms with Crippen LogP contribution in [0.2, 0.25) is 0 Å². The maximum atomic E-state index is 10.2. The van der Waals surface area contributed by atoms with Crippen LogP contribution >= 0.6 is 0 Å². The first-order chi connectivity index (χ1) is 14.4. The molecule has 0 aliphatic carbocycles. The van der Waals surface area contributed by atoms with E-state index in [1.54, 1.807) is 18.2 Å². The van der Waals surface area contributed by atoms with Crippen molar-refractivity contribution >= 4 is 21.8 Å². The highest BCUT2D eigenvalue weighted by molar-refractivity contribution is 5.90. The second-order valence-electron chi connectivity index (χ2n) is 7.61. The Kier molecular flexibility index (Phi) is 3.89. The quantitative estimate of drug-likeness (QED) is 0.240. The van der Waals surface area contributed by atoms with E-state index in [-0.39, 0.29) is 11.7 Å². The van der Waals surface area contributed by atoms with Crippen molar-refractivity contribution in [3.63, 3.8) is 0 Å². The Balaban J connectivity index is 1.84. The Morgan fingerprint density at radius 1 is 0.700 bits per heavy atom. The molecule has 6 N–H and O–H groups in total. The maximum absolute atomic E-state index is 10.2. The third-order valence-electron chi connectivity index (χ3n) is 5.61. The highest BCUT2D eigenvalue weighted by Gasteiger charge is 2.25. The number of aryl methyl sites for hydroxylation is 1. The number of nitrogens with one attached hydrogen (secondary N) is 2. The van der Waals surface area contributed by atoms with Crippen LogP contribution in [0.15, 0.2) is 60.9 Å². The van der Waals surface area contributed by atoms with Crippen LogP contribution in [0.1, 0.15) is 28.2 Å². The molecule has 6 nitrogen and oxygen atoms in total. The van der Waals surface area contributed by atoms with Crippen LogP contribution in [0.4, 0.5) is 0 Å². The highest BCUT2D eigenvalue weighted by atomic mass is 16.3. The van der Waals surface area contributed by atoms with Crippen LogP contribution in [0.25, 0.3) is 21.8 Å². The third-order valence-corrected chi connectivity index (χ3v) is 5.61. The van der Waals surface area contributed by atoms with Gasteiger partial charge in [0.2, 0.25) is 0 Å². The molecule has 0 amide bonds. The molecule has 0 saturated heterocycles. The predicted molar refractivity (Wildman–Crippen MR) is 115 cm³/mol. The lowest BCUT2D eigenvalue weighted by atomic mass is 9.84. The smallest absolute Gasteiger partial charge is 0.200 e. The van der Waals surface area contributed by atoms with Crippen molar-refractivity contribution in [2.24, 2.45) is 0 Å². The van der Waals surface area contributed by atoms with E-state index in [0.717, 1.165) is 38.5 Å². The number of hydrogen-bond acceptors (Lipinski definition) is 4. The second kappa shape index (κ2) is 6.49. The van der Waals surface area contributed by atoms with Crippen LogP contribution in [0, 0.1) is 6.92 Å². The molecular weight excluding hydrogens is 380 g/mol. The summed E-state index contributed by atoms with van der Waals surface area (Å²) in [6.07, 6.45) is 3.78. The third kappa shape index (κ3) is 2.73. The Hall–Kier alpha value is -4.06. The molecule has 2 aromatic heterocycles. The van der Waals surface area contributed by atoms with Gasteiger partial charge in [0.15, 0.2) is 17.2 Å². The Bertz CT molecular complexity index is 1310. The van der Waals surface area contributed by atoms with Gasteiger partial charge < -0.3 is 30.4 Å². The van der Waals surface area contributed by atoms with Crippen molar-refractivity contribution in [1.29, 1.82) is 0 Å². The van der Waals surface area contributed by atoms with Gasteiger partial charge in [0, 0.05) is 40.1 Å². The predicted octanol–water partition coefficient (Wildman–Crippen LogP) is 4.96. The Labute approximate surface area is 171 Å². The summed E-state index contributed by atoms with van der Waals surface area (Å²) in [7, 11) is 0. The number of aromatic amines is 2. The van der Waals surface area contributed by atoms with Crippen molar-refractivity contribution in [3.05, 3.63) is 83.2 Å². The molecule has 0 saturated carbocycles. The zero-order valence-electron chi connectivity index (χ0n) is 16.1. The van der Waals surface area contributed by atoms with E-state index in [1.807, 2.05) is 31.5 Å². The van der Waals surface area contributed by atoms with Gasteiger partial charge in [-0.2, -0.15) is 0 Å². The lowest BCUT2D eigenvalue weighted by Crippen LogP contribution is -2.02. The van der Waals surface area contributed by atoms with Crippen molar-refractivity contribution in [3.8, 4) is 23.0 Å². The number of H-pyrrole nitrogens is 2. The lowest BCUT2D eigenvalue weighted by Gasteiger charge is -2.19. The second-order valence-corrected chi connectivity index (χ2v) is 7.61. The molecule has 3 aromatic carbocycles. The molecule has 0 aliphatic rings. The molecule has 6 heteroatoms. The van der Waals surface area contributed by atoms with Crippen molar-refractivity contribution in [2.45, 2.75) is 12.8 Å². The number of fused-ring (bicyclic) bond motifs is 2. The molecule has 1 unspecified atom stereocenters. The molecule has 5 rings (SSSR count). The van der Waals surface area contributed by atoms with Gasteiger partial charge in [-0.15, -0.1) is 0 Å². The average Bonchev–Trinajstić information content (AvgIpc) is 3.31. The molecule has 150 valence electrons. The van der Waals surface area contributed by atoms with E-state index in [9.17, 15) is 20.4 Å². The highest BCUT2D eigenvalue weighted by Crippen LogP contribution is 2.44. The summed E-state index contributed by atoms with van der Waals surface area (Å²) in [5.41, 5.74) is 5.35. The van der Waals surface area contributed by atoms with E-state index in [4.69, 9.17) is 0 Å². The van der Waals surface area contributed by atoms with Gasteiger partial charge in [0.1, 0.15) is 5.75 Å². The molecule has 30 heavy (non-hydrogen) atoms. The lowest BCUT2D eigenvalue weighted by molar-refractivity contribution is 0.367. The molecule has 1 atom stereocenters. The van der Waals surface area contributed by atoms with Crippen molar-refractivity contribution in [1.82, 2.24) is 9.97 Å². The number of aromatic hydroxyl groups is 4. The summed E-state index contributed by atoms with van der Waals surface area (Å²) in [5.74, 6) is -1.58. The van der Waals surface area contributed by atoms with Crippen molar-refractivity contribution in [2.75, 3.05) is 0 Å². The fourth-order valence-electron chi connectivity index (χ4n) is 4.18. The first-order valence-corrected chi connectivity index (χ1v) is 9.55. The van der Waals surface area contributed by atoms with Gasteiger partial charge >= 0.3 is 0 Å². The number of benzene rings is 3. The molecular formula is C24H20N2O4. The topological polar surface area (TPSA) is 113 Å². The molecule has 0 fully saturated rings. The molecule has 5 aromatic rings. The Morgan fingerprint density at radius 2 is 1.27 bits per heavy atom. The molecule has 2 heterocycles. The summed E-state index contributed by atoms with van der Waals surface area (Å²) in [5, 5.41) is 42.1. The SMILES string of the molecule is Cc1ccc2[nH]cc(C(c3cc(O)c(O)c(O)c3)c3c[nH]c4ccc(O)cc34)c2c1. The number of phenolic OH excluding ortho intramolecular Hbond substituents is 4. The van der Waals surface area contributed by atoms with Gasteiger partial charge in [0.05, 0.1) is 0 Å². The van der Waals surface area contributed by atoms with Gasteiger partial charge in [0.25, 0.3) is 0 Å². The fraction of sp³-hybridized carbons (Fsp3) is 0.0833. The van der Waals surface area contributed by atoms with Crippen LogP contribution in [0.3, 0.4) is 0 Å².